The van der Waals surface area contributed by atoms with Gasteiger partial charge in [0.05, 0.1) is 0 Å². The topological polar surface area (TPSA) is 118 Å². The quantitative estimate of drug-likeness (QED) is 0.340. The SMILES string of the molecule is CC(=O)CCCCC(=O)NCCCCCCNC(=O)CCCCC(N)=O. The molecule has 0 fully saturated rings. The predicted molar refractivity (Wildman–Crippen MR) is 101 cm³/mol. The number of hydrogen-bond acceptors (Lipinski definition) is 4. The number of carbonyl (C=O) groups is 4. The Labute approximate surface area is 156 Å². The molecule has 4 N–H and O–H groups in total. The molecule has 0 radical (unpaired) electrons. The summed E-state index contributed by atoms with van der Waals surface area (Å²) in [6, 6.07) is 0. The second-order valence-corrected chi connectivity index (χ2v) is 6.70. The number of amides is 3. The van der Waals surface area contributed by atoms with Gasteiger partial charge >= 0.3 is 0 Å². The molecule has 3 amide bonds. The smallest absolute Gasteiger partial charge is 0.219 e. The molecule has 7 nitrogen and oxygen atoms in total. The molecular weight excluding hydrogens is 334 g/mol. The third-order valence-electron chi connectivity index (χ3n) is 4.01. The van der Waals surface area contributed by atoms with Gasteiger partial charge in [0.25, 0.3) is 0 Å². The van der Waals surface area contributed by atoms with Gasteiger partial charge in [0.15, 0.2) is 0 Å². The van der Waals surface area contributed by atoms with Gasteiger partial charge in [-0.1, -0.05) is 12.8 Å². The maximum absolute atomic E-state index is 11.6. The van der Waals surface area contributed by atoms with Crippen molar-refractivity contribution in [3.63, 3.8) is 0 Å². The summed E-state index contributed by atoms with van der Waals surface area (Å²) >= 11 is 0. The number of primary amides is 1. The van der Waals surface area contributed by atoms with E-state index in [1.54, 1.807) is 6.92 Å². The molecule has 0 spiro atoms. The molecule has 0 rings (SSSR count). The molecule has 0 aliphatic carbocycles. The molecule has 0 atom stereocenters. The minimum atomic E-state index is -0.324. The second kappa shape index (κ2) is 16.5. The summed E-state index contributed by atoms with van der Waals surface area (Å²) in [5.74, 6) is -0.0806. The van der Waals surface area contributed by atoms with Gasteiger partial charge in [-0.05, 0) is 45.4 Å². The van der Waals surface area contributed by atoms with E-state index in [0.717, 1.165) is 38.5 Å². The molecular formula is C19H35N3O4. The van der Waals surface area contributed by atoms with Crippen LogP contribution in [0, 0.1) is 0 Å². The lowest BCUT2D eigenvalue weighted by Crippen LogP contribution is -2.25. The number of rotatable bonds is 17. The molecule has 0 aliphatic rings. The van der Waals surface area contributed by atoms with Crippen molar-refractivity contribution in [3.8, 4) is 0 Å². The summed E-state index contributed by atoms with van der Waals surface area (Å²) in [7, 11) is 0. The van der Waals surface area contributed by atoms with Gasteiger partial charge in [0.1, 0.15) is 5.78 Å². The minimum absolute atomic E-state index is 0.0199. The van der Waals surface area contributed by atoms with Crippen LogP contribution in [0.25, 0.3) is 0 Å². The van der Waals surface area contributed by atoms with Crippen molar-refractivity contribution in [3.05, 3.63) is 0 Å². The van der Waals surface area contributed by atoms with Gasteiger partial charge in [-0.3, -0.25) is 14.4 Å². The Morgan fingerprint density at radius 3 is 1.46 bits per heavy atom. The third-order valence-corrected chi connectivity index (χ3v) is 4.01. The number of hydrogen-bond donors (Lipinski definition) is 3. The zero-order valence-corrected chi connectivity index (χ0v) is 16.1. The number of Topliss-reactive ketones (excluding diaryl/α,β-unsaturated/α-hetero) is 1. The highest BCUT2D eigenvalue weighted by atomic mass is 16.2. The molecule has 0 bridgehead atoms. The standard InChI is InChI=1S/C19H35N3O4/c1-16(23)10-4-6-12-18(25)21-14-8-2-3-9-15-22-19(26)13-7-5-11-17(20)24/h2-15H2,1H3,(H2,20,24)(H,21,25)(H,22,26). The van der Waals surface area contributed by atoms with Crippen LogP contribution in [0.15, 0.2) is 0 Å². The molecule has 0 unspecified atom stereocenters. The van der Waals surface area contributed by atoms with Crippen molar-refractivity contribution >= 4 is 23.5 Å². The van der Waals surface area contributed by atoms with Gasteiger partial charge in [-0.15, -0.1) is 0 Å². The van der Waals surface area contributed by atoms with E-state index in [2.05, 4.69) is 10.6 Å². The Bertz CT molecular complexity index is 399. The summed E-state index contributed by atoms with van der Waals surface area (Å²) in [5, 5.41) is 5.76. The largest absolute Gasteiger partial charge is 0.370 e. The molecule has 0 heterocycles. The highest BCUT2D eigenvalue weighted by Gasteiger charge is 2.03. The minimum Gasteiger partial charge on any atom is -0.370 e. The molecule has 0 aromatic heterocycles. The van der Waals surface area contributed by atoms with Crippen LogP contribution < -0.4 is 16.4 Å². The van der Waals surface area contributed by atoms with E-state index in [1.165, 1.54) is 0 Å². The monoisotopic (exact) mass is 369 g/mol. The van der Waals surface area contributed by atoms with Crippen molar-refractivity contribution < 1.29 is 19.2 Å². The van der Waals surface area contributed by atoms with E-state index >= 15 is 0 Å². The van der Waals surface area contributed by atoms with Crippen molar-refractivity contribution in [1.82, 2.24) is 10.6 Å². The van der Waals surface area contributed by atoms with Gasteiger partial charge in [0.2, 0.25) is 17.7 Å². The fourth-order valence-corrected chi connectivity index (χ4v) is 2.48. The van der Waals surface area contributed by atoms with Crippen LogP contribution in [0.1, 0.15) is 84.0 Å². The Kier molecular flexibility index (Phi) is 15.3. The molecule has 0 aliphatic heterocycles. The highest BCUT2D eigenvalue weighted by Crippen LogP contribution is 2.02. The molecule has 150 valence electrons. The lowest BCUT2D eigenvalue weighted by atomic mass is 10.1. The Balaban J connectivity index is 3.32. The molecule has 0 saturated carbocycles. The summed E-state index contributed by atoms with van der Waals surface area (Å²) < 4.78 is 0. The highest BCUT2D eigenvalue weighted by molar-refractivity contribution is 5.77. The summed E-state index contributed by atoms with van der Waals surface area (Å²) in [4.78, 5) is 44.5. The fraction of sp³-hybridized carbons (Fsp3) is 0.789. The van der Waals surface area contributed by atoms with Crippen LogP contribution in [0.5, 0.6) is 0 Å². The first-order valence-electron chi connectivity index (χ1n) is 9.73. The molecule has 0 saturated heterocycles. The Morgan fingerprint density at radius 2 is 1.04 bits per heavy atom. The zero-order valence-electron chi connectivity index (χ0n) is 16.1. The number of nitrogens with two attached hydrogens (primary N) is 1. The Hall–Kier alpha value is -1.92. The van der Waals surface area contributed by atoms with Crippen LogP contribution in [0.4, 0.5) is 0 Å². The predicted octanol–water partition coefficient (Wildman–Crippen LogP) is 1.97. The molecule has 0 aromatic rings. The summed E-state index contributed by atoms with van der Waals surface area (Å²) in [6.07, 6.45) is 8.56. The summed E-state index contributed by atoms with van der Waals surface area (Å²) in [6.45, 7) is 2.91. The lowest BCUT2D eigenvalue weighted by Gasteiger charge is -2.06. The number of unbranched alkanes of at least 4 members (excludes halogenated alkanes) is 5. The van der Waals surface area contributed by atoms with Gasteiger partial charge < -0.3 is 21.2 Å². The maximum Gasteiger partial charge on any atom is 0.219 e. The van der Waals surface area contributed by atoms with E-state index in [4.69, 9.17) is 5.73 Å². The van der Waals surface area contributed by atoms with Gasteiger partial charge in [-0.2, -0.15) is 0 Å². The van der Waals surface area contributed by atoms with E-state index in [9.17, 15) is 19.2 Å². The normalized spacial score (nSPS) is 10.3. The molecule has 7 heteroatoms. The Morgan fingerprint density at radius 1 is 0.615 bits per heavy atom. The van der Waals surface area contributed by atoms with Crippen LogP contribution in [0.2, 0.25) is 0 Å². The fourth-order valence-electron chi connectivity index (χ4n) is 2.48. The number of nitrogens with one attached hydrogen (secondary N) is 2. The van der Waals surface area contributed by atoms with Crippen molar-refractivity contribution in [2.45, 2.75) is 84.0 Å². The van der Waals surface area contributed by atoms with Crippen molar-refractivity contribution in [2.75, 3.05) is 13.1 Å². The maximum atomic E-state index is 11.6. The van der Waals surface area contributed by atoms with E-state index in [1.807, 2.05) is 0 Å². The van der Waals surface area contributed by atoms with Crippen molar-refractivity contribution in [2.24, 2.45) is 5.73 Å². The number of carbonyl (C=O) groups excluding carboxylic acids is 4. The first-order chi connectivity index (χ1) is 12.4. The molecule has 0 aromatic carbocycles. The van der Waals surface area contributed by atoms with E-state index < -0.39 is 0 Å². The van der Waals surface area contributed by atoms with E-state index in [0.29, 0.717) is 51.6 Å². The average molecular weight is 370 g/mol. The van der Waals surface area contributed by atoms with Crippen molar-refractivity contribution in [1.29, 1.82) is 0 Å². The number of ketones is 1. The van der Waals surface area contributed by atoms with Crippen LogP contribution in [-0.4, -0.2) is 36.6 Å². The lowest BCUT2D eigenvalue weighted by molar-refractivity contribution is -0.122. The zero-order chi connectivity index (χ0) is 19.6. The van der Waals surface area contributed by atoms with Crippen LogP contribution in [0.3, 0.4) is 0 Å². The first kappa shape index (κ1) is 24.1. The third kappa shape index (κ3) is 18.4. The summed E-state index contributed by atoms with van der Waals surface area (Å²) in [5.41, 5.74) is 5.04. The van der Waals surface area contributed by atoms with E-state index in [-0.39, 0.29) is 23.5 Å². The molecule has 26 heavy (non-hydrogen) atoms. The van der Waals surface area contributed by atoms with Gasteiger partial charge in [0, 0.05) is 38.8 Å². The average Bonchev–Trinajstić information content (AvgIpc) is 2.57. The van der Waals surface area contributed by atoms with Crippen LogP contribution >= 0.6 is 0 Å². The van der Waals surface area contributed by atoms with Crippen LogP contribution in [-0.2, 0) is 19.2 Å². The first-order valence-corrected chi connectivity index (χ1v) is 9.73. The second-order valence-electron chi connectivity index (χ2n) is 6.70. The van der Waals surface area contributed by atoms with Gasteiger partial charge in [-0.25, -0.2) is 0 Å².